The second-order valence-corrected chi connectivity index (χ2v) is 4.05. The predicted octanol–water partition coefficient (Wildman–Crippen LogP) is 2.84. The molecule has 0 atom stereocenters. The number of rotatable bonds is 4. The van der Waals surface area contributed by atoms with Gasteiger partial charge in [0.15, 0.2) is 0 Å². The summed E-state index contributed by atoms with van der Waals surface area (Å²) in [6.07, 6.45) is 1.41. The molecule has 0 spiro atoms. The first-order valence-electron chi connectivity index (χ1n) is 6.13. The van der Waals surface area contributed by atoms with Gasteiger partial charge in [-0.15, -0.1) is 0 Å². The Hall–Kier alpha value is -2.50. The average Bonchev–Trinajstić information content (AvgIpc) is 2.42. The molecule has 0 unspecified atom stereocenters. The third-order valence-electron chi connectivity index (χ3n) is 2.58. The summed E-state index contributed by atoms with van der Waals surface area (Å²) in [4.78, 5) is 19.8. The zero-order chi connectivity index (χ0) is 14.5. The van der Waals surface area contributed by atoms with E-state index in [0.717, 1.165) is 0 Å². The highest BCUT2D eigenvalue weighted by Gasteiger charge is 2.12. The maximum absolute atomic E-state index is 12.8. The SMILES string of the molecule is CCOC(=O)c1cnc(Nc2ccc(F)cc2)nc1C. The molecule has 2 aromatic rings. The maximum Gasteiger partial charge on any atom is 0.341 e. The molecule has 5 nitrogen and oxygen atoms in total. The molecule has 1 aromatic heterocycles. The van der Waals surface area contributed by atoms with E-state index >= 15 is 0 Å². The molecule has 0 saturated heterocycles. The molecule has 6 heteroatoms. The summed E-state index contributed by atoms with van der Waals surface area (Å²) in [7, 11) is 0. The lowest BCUT2D eigenvalue weighted by Gasteiger charge is -2.08. The highest BCUT2D eigenvalue weighted by molar-refractivity contribution is 5.90. The van der Waals surface area contributed by atoms with Gasteiger partial charge >= 0.3 is 5.97 Å². The van der Waals surface area contributed by atoms with Crippen LogP contribution in [0, 0.1) is 12.7 Å². The smallest absolute Gasteiger partial charge is 0.341 e. The lowest BCUT2D eigenvalue weighted by atomic mass is 10.2. The number of hydrogen-bond acceptors (Lipinski definition) is 5. The fourth-order valence-electron chi connectivity index (χ4n) is 1.60. The van der Waals surface area contributed by atoms with Crippen molar-refractivity contribution in [2.45, 2.75) is 13.8 Å². The van der Waals surface area contributed by atoms with Crippen molar-refractivity contribution in [1.82, 2.24) is 9.97 Å². The largest absolute Gasteiger partial charge is 0.462 e. The van der Waals surface area contributed by atoms with Crippen LogP contribution in [0.4, 0.5) is 16.0 Å². The molecular weight excluding hydrogens is 261 g/mol. The number of hydrogen-bond donors (Lipinski definition) is 1. The fourth-order valence-corrected chi connectivity index (χ4v) is 1.60. The van der Waals surface area contributed by atoms with Gasteiger partial charge in [0.05, 0.1) is 17.9 Å². The van der Waals surface area contributed by atoms with Gasteiger partial charge in [-0.1, -0.05) is 0 Å². The van der Waals surface area contributed by atoms with Gasteiger partial charge in [-0.05, 0) is 38.1 Å². The van der Waals surface area contributed by atoms with Crippen molar-refractivity contribution >= 4 is 17.6 Å². The van der Waals surface area contributed by atoms with Crippen molar-refractivity contribution in [3.8, 4) is 0 Å². The third kappa shape index (κ3) is 3.28. The molecule has 0 aliphatic rings. The zero-order valence-electron chi connectivity index (χ0n) is 11.2. The molecule has 104 valence electrons. The van der Waals surface area contributed by atoms with Crippen molar-refractivity contribution in [2.24, 2.45) is 0 Å². The summed E-state index contributed by atoms with van der Waals surface area (Å²) in [5.41, 5.74) is 1.51. The van der Waals surface area contributed by atoms with Gasteiger partial charge in [0.2, 0.25) is 5.95 Å². The number of carbonyl (C=O) groups excluding carboxylic acids is 1. The molecule has 0 aliphatic heterocycles. The van der Waals surface area contributed by atoms with Gasteiger partial charge in [-0.2, -0.15) is 0 Å². The topological polar surface area (TPSA) is 64.1 Å². The Balaban J connectivity index is 2.16. The van der Waals surface area contributed by atoms with Crippen LogP contribution in [0.5, 0.6) is 0 Å². The van der Waals surface area contributed by atoms with Gasteiger partial charge < -0.3 is 10.1 Å². The van der Waals surface area contributed by atoms with Crippen LogP contribution in [0.15, 0.2) is 30.5 Å². The van der Waals surface area contributed by atoms with Crippen molar-refractivity contribution in [3.05, 3.63) is 47.5 Å². The summed E-state index contributed by atoms with van der Waals surface area (Å²) in [5, 5.41) is 2.93. The first-order chi connectivity index (χ1) is 9.60. The van der Waals surface area contributed by atoms with Gasteiger partial charge in [0, 0.05) is 11.9 Å². The van der Waals surface area contributed by atoms with E-state index in [9.17, 15) is 9.18 Å². The second-order valence-electron chi connectivity index (χ2n) is 4.05. The first kappa shape index (κ1) is 13.9. The summed E-state index contributed by atoms with van der Waals surface area (Å²) >= 11 is 0. The fraction of sp³-hybridized carbons (Fsp3) is 0.214. The van der Waals surface area contributed by atoms with Crippen LogP contribution < -0.4 is 5.32 Å². The number of carbonyl (C=O) groups is 1. The van der Waals surface area contributed by atoms with Crippen molar-refractivity contribution < 1.29 is 13.9 Å². The number of halogens is 1. The van der Waals surface area contributed by atoms with E-state index in [4.69, 9.17) is 4.74 Å². The number of esters is 1. The lowest BCUT2D eigenvalue weighted by Crippen LogP contribution is -2.10. The molecule has 0 aliphatic carbocycles. The lowest BCUT2D eigenvalue weighted by molar-refractivity contribution is 0.0524. The van der Waals surface area contributed by atoms with Crippen molar-refractivity contribution in [1.29, 1.82) is 0 Å². The number of aryl methyl sites for hydroxylation is 1. The van der Waals surface area contributed by atoms with Crippen LogP contribution in [0.25, 0.3) is 0 Å². The third-order valence-corrected chi connectivity index (χ3v) is 2.58. The number of anilines is 2. The van der Waals surface area contributed by atoms with Crippen LogP contribution >= 0.6 is 0 Å². The number of nitrogens with zero attached hydrogens (tertiary/aromatic N) is 2. The average molecular weight is 275 g/mol. The van der Waals surface area contributed by atoms with Crippen LogP contribution in [0.2, 0.25) is 0 Å². The summed E-state index contributed by atoms with van der Waals surface area (Å²) in [5.74, 6) is -0.425. The van der Waals surface area contributed by atoms with E-state index in [2.05, 4.69) is 15.3 Å². The summed E-state index contributed by atoms with van der Waals surface area (Å²) in [6.45, 7) is 3.73. The molecule has 1 aromatic carbocycles. The van der Waals surface area contributed by atoms with E-state index in [1.165, 1.54) is 18.3 Å². The van der Waals surface area contributed by atoms with Gasteiger partial charge in [-0.25, -0.2) is 19.2 Å². The number of nitrogens with one attached hydrogen (secondary N) is 1. The Morgan fingerprint density at radius 1 is 1.35 bits per heavy atom. The number of ether oxygens (including phenoxy) is 1. The van der Waals surface area contributed by atoms with Crippen LogP contribution in [0.3, 0.4) is 0 Å². The molecular formula is C14H14FN3O2. The van der Waals surface area contributed by atoms with Gasteiger partial charge in [0.25, 0.3) is 0 Å². The minimum Gasteiger partial charge on any atom is -0.462 e. The quantitative estimate of drug-likeness (QED) is 0.869. The Labute approximate surface area is 115 Å². The number of aromatic nitrogens is 2. The van der Waals surface area contributed by atoms with Crippen molar-refractivity contribution in [3.63, 3.8) is 0 Å². The molecule has 0 radical (unpaired) electrons. The molecule has 2 rings (SSSR count). The molecule has 20 heavy (non-hydrogen) atoms. The van der Waals surface area contributed by atoms with E-state index < -0.39 is 5.97 Å². The molecule has 0 amide bonds. The predicted molar refractivity (Wildman–Crippen MR) is 72.4 cm³/mol. The monoisotopic (exact) mass is 275 g/mol. The Kier molecular flexibility index (Phi) is 4.24. The number of benzene rings is 1. The molecule has 0 bridgehead atoms. The molecule has 0 saturated carbocycles. The maximum atomic E-state index is 12.8. The molecule has 1 N–H and O–H groups in total. The van der Waals surface area contributed by atoms with E-state index in [0.29, 0.717) is 29.5 Å². The molecule has 1 heterocycles. The minimum absolute atomic E-state index is 0.299. The second kappa shape index (κ2) is 6.10. The van der Waals surface area contributed by atoms with Gasteiger partial charge in [-0.3, -0.25) is 0 Å². The minimum atomic E-state index is -0.446. The summed E-state index contributed by atoms with van der Waals surface area (Å²) in [6, 6.07) is 5.82. The summed E-state index contributed by atoms with van der Waals surface area (Å²) < 4.78 is 17.7. The highest BCUT2D eigenvalue weighted by atomic mass is 19.1. The van der Waals surface area contributed by atoms with E-state index in [1.54, 1.807) is 26.0 Å². The van der Waals surface area contributed by atoms with E-state index in [1.807, 2.05) is 0 Å². The Morgan fingerprint density at radius 2 is 2.05 bits per heavy atom. The van der Waals surface area contributed by atoms with Gasteiger partial charge in [0.1, 0.15) is 5.82 Å². The van der Waals surface area contributed by atoms with Crippen molar-refractivity contribution in [2.75, 3.05) is 11.9 Å². The standard InChI is InChI=1S/C14H14FN3O2/c1-3-20-13(19)12-8-16-14(17-9(12)2)18-11-6-4-10(15)5-7-11/h4-8H,3H2,1-2H3,(H,16,17,18). The molecule has 0 fully saturated rings. The van der Waals surface area contributed by atoms with Crippen LogP contribution in [-0.2, 0) is 4.74 Å². The zero-order valence-corrected chi connectivity index (χ0v) is 11.2. The van der Waals surface area contributed by atoms with E-state index in [-0.39, 0.29) is 5.82 Å². The highest BCUT2D eigenvalue weighted by Crippen LogP contribution is 2.15. The first-order valence-corrected chi connectivity index (χ1v) is 6.13. The van der Waals surface area contributed by atoms with Crippen LogP contribution in [0.1, 0.15) is 23.0 Å². The Bertz CT molecular complexity index is 614. The van der Waals surface area contributed by atoms with Crippen LogP contribution in [-0.4, -0.2) is 22.5 Å². The Morgan fingerprint density at radius 3 is 2.65 bits per heavy atom. The normalized spacial score (nSPS) is 10.2.